The number of nitrogens with one attached hydrogen (secondary N) is 1. The summed E-state index contributed by atoms with van der Waals surface area (Å²) in [7, 11) is 0. The third-order valence-corrected chi connectivity index (χ3v) is 3.37. The van der Waals surface area contributed by atoms with E-state index < -0.39 is 6.10 Å². The highest BCUT2D eigenvalue weighted by molar-refractivity contribution is 6.32. The molecule has 1 heterocycles. The third kappa shape index (κ3) is 5.01. The highest BCUT2D eigenvalue weighted by atomic mass is 35.5. The van der Waals surface area contributed by atoms with E-state index in [-0.39, 0.29) is 12.6 Å². The number of pyridine rings is 1. The maximum atomic E-state index is 9.95. The van der Waals surface area contributed by atoms with Crippen molar-refractivity contribution in [2.24, 2.45) is 0 Å². The molecule has 0 amide bonds. The molecule has 0 saturated heterocycles. The van der Waals surface area contributed by atoms with E-state index in [4.69, 9.17) is 16.3 Å². The number of hydrogen-bond acceptors (Lipinski definition) is 4. The molecule has 1 aromatic heterocycles. The van der Waals surface area contributed by atoms with Crippen LogP contribution in [0.5, 0.6) is 5.75 Å². The second-order valence-electron chi connectivity index (χ2n) is 4.78. The molecule has 2 atom stereocenters. The summed E-state index contributed by atoms with van der Waals surface area (Å²) in [6, 6.07) is 13.0. The maximum absolute atomic E-state index is 9.95. The quantitative estimate of drug-likeness (QED) is 0.826. The van der Waals surface area contributed by atoms with Crippen LogP contribution in [0.4, 0.5) is 0 Å². The number of para-hydroxylation sites is 1. The average Bonchev–Trinajstić information content (AvgIpc) is 2.52. The highest BCUT2D eigenvalue weighted by Gasteiger charge is 2.10. The van der Waals surface area contributed by atoms with Gasteiger partial charge in [0.25, 0.3) is 0 Å². The van der Waals surface area contributed by atoms with Crippen molar-refractivity contribution in [3.63, 3.8) is 0 Å². The summed E-state index contributed by atoms with van der Waals surface area (Å²) in [6.07, 6.45) is 1.14. The van der Waals surface area contributed by atoms with Crippen LogP contribution >= 0.6 is 11.6 Å². The molecule has 1 unspecified atom stereocenters. The molecule has 0 radical (unpaired) electrons. The number of aliphatic hydroxyl groups is 1. The highest BCUT2D eigenvalue weighted by Crippen LogP contribution is 2.23. The van der Waals surface area contributed by atoms with Crippen molar-refractivity contribution < 1.29 is 9.84 Å². The first-order valence-corrected chi connectivity index (χ1v) is 7.24. The predicted octanol–water partition coefficient (Wildman–Crippen LogP) is 2.83. The third-order valence-electron chi connectivity index (χ3n) is 3.06. The van der Waals surface area contributed by atoms with E-state index in [0.29, 0.717) is 17.3 Å². The van der Waals surface area contributed by atoms with Crippen LogP contribution in [0.2, 0.25) is 5.02 Å². The second-order valence-corrected chi connectivity index (χ2v) is 5.19. The summed E-state index contributed by atoms with van der Waals surface area (Å²) in [4.78, 5) is 4.27. The lowest BCUT2D eigenvalue weighted by molar-refractivity contribution is 0.104. The molecule has 0 aliphatic carbocycles. The van der Waals surface area contributed by atoms with E-state index in [0.717, 1.165) is 5.69 Å². The summed E-state index contributed by atoms with van der Waals surface area (Å²) in [5.74, 6) is 0.580. The van der Waals surface area contributed by atoms with Gasteiger partial charge in [-0.3, -0.25) is 4.98 Å². The van der Waals surface area contributed by atoms with Gasteiger partial charge < -0.3 is 15.2 Å². The number of hydrogen-bond donors (Lipinski definition) is 2. The Bertz CT molecular complexity index is 551. The van der Waals surface area contributed by atoms with Crippen molar-refractivity contribution in [1.82, 2.24) is 10.3 Å². The number of nitrogens with zero attached hydrogens (tertiary/aromatic N) is 1. The van der Waals surface area contributed by atoms with E-state index >= 15 is 0 Å². The first kappa shape index (κ1) is 15.8. The molecule has 21 heavy (non-hydrogen) atoms. The molecular weight excluding hydrogens is 288 g/mol. The molecule has 0 aliphatic heterocycles. The SMILES string of the molecule is C[C@@H](NCC(O)COc1ccccc1Cl)c1ccccn1. The van der Waals surface area contributed by atoms with E-state index in [1.54, 1.807) is 18.3 Å². The van der Waals surface area contributed by atoms with Crippen LogP contribution in [0.3, 0.4) is 0 Å². The van der Waals surface area contributed by atoms with Gasteiger partial charge in [-0.15, -0.1) is 0 Å². The number of ether oxygens (including phenoxy) is 1. The molecule has 2 aromatic rings. The maximum Gasteiger partial charge on any atom is 0.138 e. The predicted molar refractivity (Wildman–Crippen MR) is 83.6 cm³/mol. The first-order chi connectivity index (χ1) is 10.2. The Morgan fingerprint density at radius 3 is 2.71 bits per heavy atom. The zero-order chi connectivity index (χ0) is 15.1. The van der Waals surface area contributed by atoms with Gasteiger partial charge in [0, 0.05) is 18.8 Å². The average molecular weight is 307 g/mol. The Morgan fingerprint density at radius 2 is 2.00 bits per heavy atom. The van der Waals surface area contributed by atoms with Crippen molar-refractivity contribution in [2.45, 2.75) is 19.1 Å². The van der Waals surface area contributed by atoms with Crippen LogP contribution in [0.1, 0.15) is 18.7 Å². The molecule has 2 rings (SSSR count). The van der Waals surface area contributed by atoms with Gasteiger partial charge in [-0.05, 0) is 31.2 Å². The van der Waals surface area contributed by atoms with Crippen LogP contribution in [-0.2, 0) is 0 Å². The summed E-state index contributed by atoms with van der Waals surface area (Å²) in [5.41, 5.74) is 0.941. The zero-order valence-corrected chi connectivity index (χ0v) is 12.6. The van der Waals surface area contributed by atoms with Gasteiger partial charge in [0.15, 0.2) is 0 Å². The minimum atomic E-state index is -0.618. The molecule has 5 heteroatoms. The lowest BCUT2D eigenvalue weighted by Gasteiger charge is -2.17. The minimum absolute atomic E-state index is 0.0705. The largest absolute Gasteiger partial charge is 0.489 e. The molecule has 1 aromatic carbocycles. The molecule has 0 aliphatic rings. The summed E-state index contributed by atoms with van der Waals surface area (Å²) < 4.78 is 5.50. The van der Waals surface area contributed by atoms with Gasteiger partial charge in [0.05, 0.1) is 10.7 Å². The van der Waals surface area contributed by atoms with Crippen LogP contribution in [0, 0.1) is 0 Å². The fraction of sp³-hybridized carbons (Fsp3) is 0.312. The standard InChI is InChI=1S/C16H19ClN2O2/c1-12(15-7-4-5-9-18-15)19-10-13(20)11-21-16-8-3-2-6-14(16)17/h2-9,12-13,19-20H,10-11H2,1H3/t12-,13?/m1/s1. The van der Waals surface area contributed by atoms with Gasteiger partial charge in [0.1, 0.15) is 18.5 Å². The summed E-state index contributed by atoms with van der Waals surface area (Å²) >= 11 is 5.98. The topological polar surface area (TPSA) is 54.4 Å². The van der Waals surface area contributed by atoms with Gasteiger partial charge in [-0.1, -0.05) is 29.8 Å². The Kier molecular flexibility index (Phi) is 5.99. The fourth-order valence-corrected chi connectivity index (χ4v) is 2.05. The molecule has 0 saturated carbocycles. The normalized spacial score (nSPS) is 13.7. The summed E-state index contributed by atoms with van der Waals surface area (Å²) in [6.45, 7) is 2.61. The Balaban J connectivity index is 1.75. The van der Waals surface area contributed by atoms with Crippen molar-refractivity contribution in [1.29, 1.82) is 0 Å². The molecule has 112 valence electrons. The smallest absolute Gasteiger partial charge is 0.138 e. The van der Waals surface area contributed by atoms with Crippen molar-refractivity contribution >= 4 is 11.6 Å². The number of rotatable bonds is 7. The van der Waals surface area contributed by atoms with Gasteiger partial charge in [0.2, 0.25) is 0 Å². The van der Waals surface area contributed by atoms with E-state index in [1.807, 2.05) is 37.3 Å². The monoisotopic (exact) mass is 306 g/mol. The Hall–Kier alpha value is -1.62. The number of benzene rings is 1. The lowest BCUT2D eigenvalue weighted by Crippen LogP contribution is -2.33. The summed E-state index contributed by atoms with van der Waals surface area (Å²) in [5, 5.41) is 13.7. The molecular formula is C16H19ClN2O2. The van der Waals surface area contributed by atoms with Crippen LogP contribution < -0.4 is 10.1 Å². The van der Waals surface area contributed by atoms with Crippen LogP contribution in [0.25, 0.3) is 0 Å². The number of aliphatic hydroxyl groups excluding tert-OH is 1. The zero-order valence-electron chi connectivity index (χ0n) is 11.9. The minimum Gasteiger partial charge on any atom is -0.489 e. The fourth-order valence-electron chi connectivity index (χ4n) is 1.86. The van der Waals surface area contributed by atoms with E-state index in [9.17, 15) is 5.11 Å². The molecule has 2 N–H and O–H groups in total. The Labute approximate surface area is 129 Å². The van der Waals surface area contributed by atoms with Crippen LogP contribution in [0.15, 0.2) is 48.7 Å². The number of halogens is 1. The Morgan fingerprint density at radius 1 is 1.24 bits per heavy atom. The van der Waals surface area contributed by atoms with Crippen molar-refractivity contribution in [3.8, 4) is 5.75 Å². The number of aromatic nitrogens is 1. The van der Waals surface area contributed by atoms with Crippen molar-refractivity contribution in [2.75, 3.05) is 13.2 Å². The molecule has 0 spiro atoms. The van der Waals surface area contributed by atoms with E-state index in [2.05, 4.69) is 10.3 Å². The molecule has 0 bridgehead atoms. The lowest BCUT2D eigenvalue weighted by atomic mass is 10.2. The van der Waals surface area contributed by atoms with Crippen LogP contribution in [-0.4, -0.2) is 29.3 Å². The van der Waals surface area contributed by atoms with E-state index in [1.165, 1.54) is 0 Å². The van der Waals surface area contributed by atoms with Gasteiger partial charge in [-0.2, -0.15) is 0 Å². The molecule has 0 fully saturated rings. The van der Waals surface area contributed by atoms with Gasteiger partial charge in [-0.25, -0.2) is 0 Å². The first-order valence-electron chi connectivity index (χ1n) is 6.86. The second kappa shape index (κ2) is 7.98. The molecule has 4 nitrogen and oxygen atoms in total. The van der Waals surface area contributed by atoms with Crippen molar-refractivity contribution in [3.05, 3.63) is 59.4 Å². The van der Waals surface area contributed by atoms with Gasteiger partial charge >= 0.3 is 0 Å².